The molecule has 2 fully saturated rings. The Morgan fingerprint density at radius 2 is 1.94 bits per heavy atom. The summed E-state index contributed by atoms with van der Waals surface area (Å²) in [6, 6.07) is 5.28. The first kappa shape index (κ1) is 24.8. The number of alkyl halides is 4. The lowest BCUT2D eigenvalue weighted by Gasteiger charge is -2.29. The van der Waals surface area contributed by atoms with Crippen LogP contribution in [-0.2, 0) is 16.0 Å². The zero-order valence-electron chi connectivity index (χ0n) is 17.9. The third-order valence-corrected chi connectivity index (χ3v) is 6.11. The van der Waals surface area contributed by atoms with E-state index in [2.05, 4.69) is 20.7 Å². The number of carbonyl (C=O) groups is 2. The largest absolute Gasteiger partial charge is 0.435 e. The van der Waals surface area contributed by atoms with Gasteiger partial charge in [-0.1, -0.05) is 18.2 Å². The maximum Gasteiger partial charge on any atom is 0.387 e. The monoisotopic (exact) mass is 470 g/mol. The molecule has 0 unspecified atom stereocenters. The quantitative estimate of drug-likeness (QED) is 0.276. The lowest BCUT2D eigenvalue weighted by Crippen LogP contribution is -2.51. The van der Waals surface area contributed by atoms with Gasteiger partial charge in [0.25, 0.3) is 5.92 Å². The molecule has 33 heavy (non-hydrogen) atoms. The molecule has 0 bridgehead atoms. The van der Waals surface area contributed by atoms with Crippen LogP contribution in [0.3, 0.4) is 0 Å². The molecule has 180 valence electrons. The van der Waals surface area contributed by atoms with E-state index in [-0.39, 0.29) is 16.9 Å². The number of nitrogens with zero attached hydrogens (tertiary/aromatic N) is 1. The fourth-order valence-electron chi connectivity index (χ4n) is 4.17. The first-order chi connectivity index (χ1) is 15.6. The molecule has 2 amide bonds. The summed E-state index contributed by atoms with van der Waals surface area (Å²) in [4.78, 5) is 25.1. The molecule has 0 radical (unpaired) electrons. The molecule has 1 aromatic rings. The number of ether oxygens (including phenoxy) is 1. The second kappa shape index (κ2) is 10.4. The summed E-state index contributed by atoms with van der Waals surface area (Å²) in [5.41, 5.74) is -0.0547. The molecule has 3 rings (SSSR count). The van der Waals surface area contributed by atoms with Crippen molar-refractivity contribution >= 4 is 11.8 Å². The number of carbonyl (C=O) groups excluding carboxylic acids is 2. The van der Waals surface area contributed by atoms with Crippen molar-refractivity contribution in [3.05, 3.63) is 29.8 Å². The highest BCUT2D eigenvalue weighted by molar-refractivity contribution is 5.88. The molecule has 11 heteroatoms. The van der Waals surface area contributed by atoms with Gasteiger partial charge in [0.2, 0.25) is 11.8 Å². The highest BCUT2D eigenvalue weighted by atomic mass is 19.3. The normalized spacial score (nSPS) is 23.0. The van der Waals surface area contributed by atoms with Crippen molar-refractivity contribution in [2.24, 2.45) is 5.92 Å². The zero-order valence-corrected chi connectivity index (χ0v) is 17.9. The first-order valence-electron chi connectivity index (χ1n) is 10.7. The lowest BCUT2D eigenvalue weighted by atomic mass is 9.81. The average Bonchev–Trinajstić information content (AvgIpc) is 3.51. The molecule has 0 aromatic heterocycles. The summed E-state index contributed by atoms with van der Waals surface area (Å²) < 4.78 is 59.3. The molecule has 1 saturated heterocycles. The zero-order chi connectivity index (χ0) is 24.1. The highest BCUT2D eigenvalue weighted by Gasteiger charge is 2.46. The predicted molar refractivity (Wildman–Crippen MR) is 110 cm³/mol. The van der Waals surface area contributed by atoms with Gasteiger partial charge in [0, 0.05) is 36.4 Å². The third-order valence-electron chi connectivity index (χ3n) is 6.11. The van der Waals surface area contributed by atoms with Crippen LogP contribution in [0, 0.1) is 17.2 Å². The van der Waals surface area contributed by atoms with Crippen LogP contribution in [0.1, 0.15) is 37.7 Å². The van der Waals surface area contributed by atoms with Crippen LogP contribution in [0.5, 0.6) is 5.75 Å². The van der Waals surface area contributed by atoms with E-state index in [1.165, 1.54) is 18.2 Å². The number of rotatable bonds is 10. The second-order valence-corrected chi connectivity index (χ2v) is 8.57. The molecule has 1 aliphatic carbocycles. The summed E-state index contributed by atoms with van der Waals surface area (Å²) in [6.07, 6.45) is 0.740. The smallest absolute Gasteiger partial charge is 0.387 e. The van der Waals surface area contributed by atoms with Crippen LogP contribution in [0.25, 0.3) is 0 Å². The maximum absolute atomic E-state index is 14.9. The Bertz CT molecular complexity index is 892. The molecule has 7 nitrogen and oxygen atoms in total. The SMILES string of the molecule is N#CCNC(=O)[C@H](CC(F)(F)Cc1ccccc1OC(F)F)NC(=O)C1CCC2(CC1)CN2. The highest BCUT2D eigenvalue weighted by Crippen LogP contribution is 2.38. The van der Waals surface area contributed by atoms with E-state index in [9.17, 15) is 27.2 Å². The molecule has 1 saturated carbocycles. The molecular formula is C22H26F4N4O3. The Hall–Kier alpha value is -2.87. The van der Waals surface area contributed by atoms with Gasteiger partial charge in [-0.15, -0.1) is 0 Å². The standard InChI is InChI=1S/C22H26F4N4O3/c23-20(24)33-17-4-2-1-3-15(17)11-22(25,26)12-16(19(32)28-10-9-27)30-18(31)14-5-7-21(8-6-14)13-29-21/h1-4,14,16,20,29H,5-8,10-13H2,(H,28,32)(H,30,31)/t14?,16-,21?/m0/s1. The number of hydrogen-bond donors (Lipinski definition) is 3. The number of nitrogens with one attached hydrogen (secondary N) is 3. The topological polar surface area (TPSA) is 113 Å². The van der Waals surface area contributed by atoms with E-state index in [0.717, 1.165) is 25.5 Å². The van der Waals surface area contributed by atoms with Crippen LogP contribution in [0.15, 0.2) is 24.3 Å². The van der Waals surface area contributed by atoms with Crippen molar-refractivity contribution in [1.82, 2.24) is 16.0 Å². The maximum atomic E-state index is 14.9. The Labute approximate surface area is 188 Å². The van der Waals surface area contributed by atoms with Gasteiger partial charge in [-0.3, -0.25) is 9.59 Å². The molecule has 1 atom stereocenters. The Balaban J connectivity index is 1.67. The second-order valence-electron chi connectivity index (χ2n) is 8.57. The van der Waals surface area contributed by atoms with Crippen LogP contribution in [0.4, 0.5) is 17.6 Å². The predicted octanol–water partition coefficient (Wildman–Crippen LogP) is 2.51. The summed E-state index contributed by atoms with van der Waals surface area (Å²) in [7, 11) is 0. The van der Waals surface area contributed by atoms with Crippen molar-refractivity contribution in [2.75, 3.05) is 13.1 Å². The van der Waals surface area contributed by atoms with E-state index in [1.54, 1.807) is 6.07 Å². The van der Waals surface area contributed by atoms with E-state index in [0.29, 0.717) is 12.8 Å². The summed E-state index contributed by atoms with van der Waals surface area (Å²) >= 11 is 0. The van der Waals surface area contributed by atoms with Gasteiger partial charge in [-0.2, -0.15) is 14.0 Å². The van der Waals surface area contributed by atoms with E-state index >= 15 is 0 Å². The molecule has 1 heterocycles. The summed E-state index contributed by atoms with van der Waals surface area (Å²) in [5, 5.41) is 16.6. The van der Waals surface area contributed by atoms with Gasteiger partial charge in [0.15, 0.2) is 0 Å². The molecule has 1 spiro atoms. The summed E-state index contributed by atoms with van der Waals surface area (Å²) in [5.74, 6) is -5.69. The first-order valence-corrected chi connectivity index (χ1v) is 10.7. The molecule has 3 N–H and O–H groups in total. The number of amides is 2. The van der Waals surface area contributed by atoms with Gasteiger partial charge >= 0.3 is 6.61 Å². The average molecular weight is 470 g/mol. The van der Waals surface area contributed by atoms with Gasteiger partial charge in [-0.05, 0) is 31.7 Å². The van der Waals surface area contributed by atoms with Crippen LogP contribution >= 0.6 is 0 Å². The van der Waals surface area contributed by atoms with E-state index < -0.39 is 55.7 Å². The molecular weight excluding hydrogens is 444 g/mol. The van der Waals surface area contributed by atoms with Crippen molar-refractivity contribution < 1.29 is 31.9 Å². The lowest BCUT2D eigenvalue weighted by molar-refractivity contribution is -0.134. The number of halogens is 4. The number of para-hydroxylation sites is 1. The van der Waals surface area contributed by atoms with E-state index in [4.69, 9.17) is 5.26 Å². The van der Waals surface area contributed by atoms with Crippen molar-refractivity contribution in [3.8, 4) is 11.8 Å². The third kappa shape index (κ3) is 7.05. The fraction of sp³-hybridized carbons (Fsp3) is 0.591. The Morgan fingerprint density at radius 3 is 2.55 bits per heavy atom. The number of nitriles is 1. The van der Waals surface area contributed by atoms with Crippen molar-refractivity contribution in [2.45, 2.75) is 62.6 Å². The van der Waals surface area contributed by atoms with Gasteiger partial charge in [0.05, 0.1) is 6.07 Å². The Morgan fingerprint density at radius 1 is 1.27 bits per heavy atom. The fourth-order valence-corrected chi connectivity index (χ4v) is 4.17. The summed E-state index contributed by atoms with van der Waals surface area (Å²) in [6.45, 7) is -2.67. The minimum atomic E-state index is -3.53. The van der Waals surface area contributed by atoms with Crippen LogP contribution in [-0.4, -0.2) is 49.0 Å². The number of hydrogen-bond acceptors (Lipinski definition) is 5. The van der Waals surface area contributed by atoms with Crippen molar-refractivity contribution in [1.29, 1.82) is 5.26 Å². The Kier molecular flexibility index (Phi) is 7.79. The van der Waals surface area contributed by atoms with Gasteiger partial charge < -0.3 is 20.7 Å². The van der Waals surface area contributed by atoms with Crippen molar-refractivity contribution in [3.63, 3.8) is 0 Å². The molecule has 1 aromatic carbocycles. The number of benzene rings is 1. The minimum absolute atomic E-state index is 0.0983. The van der Waals surface area contributed by atoms with Crippen LogP contribution in [0.2, 0.25) is 0 Å². The molecule has 2 aliphatic rings. The van der Waals surface area contributed by atoms with Gasteiger partial charge in [0.1, 0.15) is 18.3 Å². The van der Waals surface area contributed by atoms with Crippen LogP contribution < -0.4 is 20.7 Å². The van der Waals surface area contributed by atoms with E-state index in [1.807, 2.05) is 0 Å². The molecule has 1 aliphatic heterocycles. The van der Waals surface area contributed by atoms with Gasteiger partial charge in [-0.25, -0.2) is 8.78 Å². The minimum Gasteiger partial charge on any atom is -0.435 e.